The molecule has 3 heteroatoms. The molecule has 0 atom stereocenters. The van der Waals surface area contributed by atoms with Crippen molar-refractivity contribution in [2.75, 3.05) is 17.7 Å². The molecular weight excluding hydrogens is 244 g/mol. The number of nitrogen functional groups attached to an aromatic ring is 1. The van der Waals surface area contributed by atoms with Crippen molar-refractivity contribution in [3.63, 3.8) is 0 Å². The van der Waals surface area contributed by atoms with Crippen LogP contribution in [0.2, 0.25) is 5.02 Å². The van der Waals surface area contributed by atoms with Crippen molar-refractivity contribution in [2.45, 2.75) is 13.5 Å². The summed E-state index contributed by atoms with van der Waals surface area (Å²) in [6, 6.07) is 14.0. The highest BCUT2D eigenvalue weighted by molar-refractivity contribution is 6.31. The number of hydrogen-bond donors (Lipinski definition) is 1. The van der Waals surface area contributed by atoms with E-state index in [1.807, 2.05) is 24.3 Å². The van der Waals surface area contributed by atoms with E-state index < -0.39 is 0 Å². The van der Waals surface area contributed by atoms with Crippen molar-refractivity contribution < 1.29 is 0 Å². The average Bonchev–Trinajstić information content (AvgIpc) is 2.33. The molecule has 0 saturated heterocycles. The Morgan fingerprint density at radius 2 is 1.89 bits per heavy atom. The Bertz CT molecular complexity index is 552. The zero-order chi connectivity index (χ0) is 13.1. The topological polar surface area (TPSA) is 29.3 Å². The van der Waals surface area contributed by atoms with Crippen molar-refractivity contribution in [2.24, 2.45) is 0 Å². The van der Waals surface area contributed by atoms with Gasteiger partial charge >= 0.3 is 0 Å². The monoisotopic (exact) mass is 260 g/mol. The molecule has 2 rings (SSSR count). The molecule has 0 aromatic heterocycles. The first-order chi connectivity index (χ1) is 8.58. The predicted molar refractivity (Wildman–Crippen MR) is 79.2 cm³/mol. The zero-order valence-electron chi connectivity index (χ0n) is 10.7. The molecule has 0 saturated carbocycles. The Labute approximate surface area is 113 Å². The quantitative estimate of drug-likeness (QED) is 0.849. The fourth-order valence-electron chi connectivity index (χ4n) is 2.02. The molecule has 0 unspecified atom stereocenters. The lowest BCUT2D eigenvalue weighted by atomic mass is 10.1. The molecule has 0 spiro atoms. The fourth-order valence-corrected chi connectivity index (χ4v) is 2.27. The van der Waals surface area contributed by atoms with Crippen molar-refractivity contribution >= 4 is 23.0 Å². The molecule has 0 fully saturated rings. The lowest BCUT2D eigenvalue weighted by Gasteiger charge is -2.22. The number of benzene rings is 2. The van der Waals surface area contributed by atoms with E-state index in [-0.39, 0.29) is 0 Å². The summed E-state index contributed by atoms with van der Waals surface area (Å²) in [6.07, 6.45) is 0. The summed E-state index contributed by atoms with van der Waals surface area (Å²) >= 11 is 6.19. The van der Waals surface area contributed by atoms with Crippen molar-refractivity contribution in [1.29, 1.82) is 0 Å². The third-order valence-electron chi connectivity index (χ3n) is 3.01. The molecule has 18 heavy (non-hydrogen) atoms. The minimum Gasteiger partial charge on any atom is -0.399 e. The summed E-state index contributed by atoms with van der Waals surface area (Å²) in [5, 5.41) is 0.718. The number of nitrogens with zero attached hydrogens (tertiary/aromatic N) is 1. The van der Waals surface area contributed by atoms with Gasteiger partial charge in [0.05, 0.1) is 0 Å². The Balaban J connectivity index is 2.21. The molecule has 0 aliphatic rings. The van der Waals surface area contributed by atoms with Gasteiger partial charge in [0.1, 0.15) is 0 Å². The second-order valence-electron chi connectivity index (χ2n) is 4.49. The Kier molecular flexibility index (Phi) is 3.78. The van der Waals surface area contributed by atoms with E-state index in [4.69, 9.17) is 17.3 Å². The molecule has 0 radical (unpaired) electrons. The van der Waals surface area contributed by atoms with Gasteiger partial charge in [-0.1, -0.05) is 35.9 Å². The standard InChI is InChI=1S/C15H17ClN2/c1-11-5-3-4-6-15(11)18(2)10-12-7-8-13(17)9-14(12)16/h3-9H,10,17H2,1-2H3. The lowest BCUT2D eigenvalue weighted by molar-refractivity contribution is 0.918. The van der Waals surface area contributed by atoms with Crippen LogP contribution in [0.3, 0.4) is 0 Å². The fraction of sp³-hybridized carbons (Fsp3) is 0.200. The van der Waals surface area contributed by atoms with Gasteiger partial charge in [0.25, 0.3) is 0 Å². The molecule has 0 amide bonds. The third-order valence-corrected chi connectivity index (χ3v) is 3.36. The lowest BCUT2D eigenvalue weighted by Crippen LogP contribution is -2.17. The van der Waals surface area contributed by atoms with E-state index in [2.05, 4.69) is 31.0 Å². The molecule has 94 valence electrons. The van der Waals surface area contributed by atoms with Crippen LogP contribution in [0.25, 0.3) is 0 Å². The highest BCUT2D eigenvalue weighted by atomic mass is 35.5. The maximum atomic E-state index is 6.19. The normalized spacial score (nSPS) is 10.4. The molecule has 2 N–H and O–H groups in total. The van der Waals surface area contributed by atoms with E-state index >= 15 is 0 Å². The van der Waals surface area contributed by atoms with Gasteiger partial charge in [0.2, 0.25) is 0 Å². The van der Waals surface area contributed by atoms with Crippen LogP contribution in [-0.2, 0) is 6.54 Å². The molecule has 0 bridgehead atoms. The van der Waals surface area contributed by atoms with Gasteiger partial charge in [-0.25, -0.2) is 0 Å². The number of anilines is 2. The highest BCUT2D eigenvalue weighted by Crippen LogP contribution is 2.24. The summed E-state index contributed by atoms with van der Waals surface area (Å²) in [7, 11) is 2.06. The van der Waals surface area contributed by atoms with Crippen LogP contribution < -0.4 is 10.6 Å². The molecule has 0 aliphatic heterocycles. The van der Waals surface area contributed by atoms with E-state index in [1.54, 1.807) is 6.07 Å². The number of aryl methyl sites for hydroxylation is 1. The van der Waals surface area contributed by atoms with Crippen LogP contribution in [0.15, 0.2) is 42.5 Å². The first-order valence-electron chi connectivity index (χ1n) is 5.88. The third kappa shape index (κ3) is 2.77. The first-order valence-corrected chi connectivity index (χ1v) is 6.26. The molecule has 2 nitrogen and oxygen atoms in total. The summed E-state index contributed by atoms with van der Waals surface area (Å²) in [4.78, 5) is 2.19. The van der Waals surface area contributed by atoms with Gasteiger partial charge in [0.15, 0.2) is 0 Å². The Morgan fingerprint density at radius 3 is 2.56 bits per heavy atom. The van der Waals surface area contributed by atoms with Gasteiger partial charge in [-0.2, -0.15) is 0 Å². The number of hydrogen-bond acceptors (Lipinski definition) is 2. The maximum Gasteiger partial charge on any atom is 0.0476 e. The smallest absolute Gasteiger partial charge is 0.0476 e. The van der Waals surface area contributed by atoms with Crippen LogP contribution >= 0.6 is 11.6 Å². The minimum atomic E-state index is 0.697. The van der Waals surface area contributed by atoms with Gasteiger partial charge in [0, 0.05) is 30.0 Å². The number of para-hydroxylation sites is 1. The van der Waals surface area contributed by atoms with Crippen LogP contribution in [0.5, 0.6) is 0 Å². The van der Waals surface area contributed by atoms with E-state index in [9.17, 15) is 0 Å². The summed E-state index contributed by atoms with van der Waals surface area (Å²) < 4.78 is 0. The number of rotatable bonds is 3. The van der Waals surface area contributed by atoms with E-state index in [0.717, 1.165) is 17.1 Å². The van der Waals surface area contributed by atoms with Crippen LogP contribution in [0.1, 0.15) is 11.1 Å². The molecule has 0 aliphatic carbocycles. The second kappa shape index (κ2) is 5.32. The average molecular weight is 261 g/mol. The predicted octanol–water partition coefficient (Wildman–Crippen LogP) is 3.87. The molecule has 2 aromatic rings. The highest BCUT2D eigenvalue weighted by Gasteiger charge is 2.07. The summed E-state index contributed by atoms with van der Waals surface area (Å²) in [5.74, 6) is 0. The summed E-state index contributed by atoms with van der Waals surface area (Å²) in [6.45, 7) is 2.88. The second-order valence-corrected chi connectivity index (χ2v) is 4.90. The minimum absolute atomic E-state index is 0.697. The number of nitrogens with two attached hydrogens (primary N) is 1. The van der Waals surface area contributed by atoms with Gasteiger partial charge in [-0.15, -0.1) is 0 Å². The summed E-state index contributed by atoms with van der Waals surface area (Å²) in [5.41, 5.74) is 9.94. The van der Waals surface area contributed by atoms with Crippen LogP contribution in [0.4, 0.5) is 11.4 Å². The van der Waals surface area contributed by atoms with Crippen LogP contribution in [-0.4, -0.2) is 7.05 Å². The Morgan fingerprint density at radius 1 is 1.17 bits per heavy atom. The Hall–Kier alpha value is -1.67. The van der Waals surface area contributed by atoms with Crippen LogP contribution in [0, 0.1) is 6.92 Å². The zero-order valence-corrected chi connectivity index (χ0v) is 11.4. The SMILES string of the molecule is Cc1ccccc1N(C)Cc1ccc(N)cc1Cl. The molecule has 0 heterocycles. The largest absolute Gasteiger partial charge is 0.399 e. The molecular formula is C15H17ClN2. The number of halogens is 1. The first kappa shape index (κ1) is 12.8. The van der Waals surface area contributed by atoms with Crippen molar-refractivity contribution in [3.05, 3.63) is 58.6 Å². The van der Waals surface area contributed by atoms with Gasteiger partial charge in [-0.3, -0.25) is 0 Å². The van der Waals surface area contributed by atoms with Gasteiger partial charge < -0.3 is 10.6 Å². The maximum absolute atomic E-state index is 6.19. The van der Waals surface area contributed by atoms with Crippen molar-refractivity contribution in [1.82, 2.24) is 0 Å². The van der Waals surface area contributed by atoms with Gasteiger partial charge in [-0.05, 0) is 36.2 Å². The van der Waals surface area contributed by atoms with E-state index in [1.165, 1.54) is 11.3 Å². The van der Waals surface area contributed by atoms with E-state index in [0.29, 0.717) is 5.69 Å². The molecule has 2 aromatic carbocycles. The van der Waals surface area contributed by atoms with Crippen molar-refractivity contribution in [3.8, 4) is 0 Å².